The fraction of sp³-hybridized carbons (Fsp3) is 0.707. The largest absolute Gasteiger partial charge is 0.481 e. The number of carboxylic acids is 1. The van der Waals surface area contributed by atoms with Crippen LogP contribution in [-0.4, -0.2) is 23.1 Å². The Hall–Kier alpha value is -2.36. The number of rotatable bonds is 33. The van der Waals surface area contributed by atoms with E-state index in [0.717, 1.165) is 77.0 Å². The molecule has 0 aliphatic heterocycles. The maximum absolute atomic E-state index is 12.4. The minimum atomic E-state index is -0.820. The molecule has 0 rings (SSSR count). The highest BCUT2D eigenvalue weighted by atomic mass is 16.5. The quantitative estimate of drug-likeness (QED) is 0.0447. The summed E-state index contributed by atoms with van der Waals surface area (Å²) in [4.78, 5) is 23.5. The van der Waals surface area contributed by atoms with Crippen molar-refractivity contribution in [2.24, 2.45) is 0 Å². The molecule has 4 nitrogen and oxygen atoms in total. The fourth-order valence-electron chi connectivity index (χ4n) is 5.26. The summed E-state index contributed by atoms with van der Waals surface area (Å²) in [6.45, 7) is 4.41. The third-order valence-corrected chi connectivity index (χ3v) is 8.02. The van der Waals surface area contributed by atoms with Gasteiger partial charge < -0.3 is 9.84 Å². The average molecular weight is 627 g/mol. The summed E-state index contributed by atoms with van der Waals surface area (Å²) in [6.07, 6.45) is 49.5. The third-order valence-electron chi connectivity index (χ3n) is 8.02. The van der Waals surface area contributed by atoms with Crippen LogP contribution in [0.25, 0.3) is 0 Å². The van der Waals surface area contributed by atoms with Gasteiger partial charge in [-0.15, -0.1) is 0 Å². The van der Waals surface area contributed by atoms with Gasteiger partial charge in [-0.3, -0.25) is 9.59 Å². The summed E-state index contributed by atoms with van der Waals surface area (Å²) in [7, 11) is 0. The number of aliphatic carboxylic acids is 1. The van der Waals surface area contributed by atoms with Crippen molar-refractivity contribution >= 4 is 11.9 Å². The molecule has 4 heteroatoms. The molecule has 0 saturated carbocycles. The molecule has 1 unspecified atom stereocenters. The first-order valence-corrected chi connectivity index (χ1v) is 18.8. The molecule has 0 heterocycles. The molecule has 0 fully saturated rings. The van der Waals surface area contributed by atoms with E-state index in [1.165, 1.54) is 70.6 Å². The van der Waals surface area contributed by atoms with Crippen LogP contribution in [-0.2, 0) is 14.3 Å². The van der Waals surface area contributed by atoms with Crippen LogP contribution >= 0.6 is 0 Å². The van der Waals surface area contributed by atoms with Gasteiger partial charge in [-0.2, -0.15) is 0 Å². The van der Waals surface area contributed by atoms with E-state index in [0.29, 0.717) is 12.8 Å². The van der Waals surface area contributed by atoms with Crippen LogP contribution in [0.15, 0.2) is 60.8 Å². The Balaban J connectivity index is 3.80. The molecule has 1 N–H and O–H groups in total. The highest BCUT2D eigenvalue weighted by Crippen LogP contribution is 2.17. The van der Waals surface area contributed by atoms with Crippen molar-refractivity contribution in [3.63, 3.8) is 0 Å². The zero-order valence-corrected chi connectivity index (χ0v) is 29.4. The lowest BCUT2D eigenvalue weighted by molar-refractivity contribution is -0.151. The van der Waals surface area contributed by atoms with Gasteiger partial charge in [0.25, 0.3) is 0 Å². The predicted octanol–water partition coefficient (Wildman–Crippen LogP) is 12.9. The van der Waals surface area contributed by atoms with Crippen LogP contribution < -0.4 is 0 Å². The van der Waals surface area contributed by atoms with Gasteiger partial charge in [-0.1, -0.05) is 158 Å². The normalized spacial score (nSPS) is 12.9. The molecule has 0 bridgehead atoms. The number of hydrogen-bond acceptors (Lipinski definition) is 3. The molecule has 0 radical (unpaired) electrons. The lowest BCUT2D eigenvalue weighted by Crippen LogP contribution is -2.19. The van der Waals surface area contributed by atoms with Crippen molar-refractivity contribution in [2.45, 2.75) is 187 Å². The molecule has 45 heavy (non-hydrogen) atoms. The van der Waals surface area contributed by atoms with Crippen LogP contribution in [0.4, 0.5) is 0 Å². The standard InChI is InChI=1S/C41H70O4/c1-3-5-7-9-11-13-15-16-17-18-19-20-21-22-23-24-26-28-30-32-34-36-41(44)45-39(37-38-40(42)43)35-33-31-29-27-25-14-12-10-8-6-4-2/h5,7,11,13,16-17,19-20,22-23,39H,3-4,6,8-10,12,14-15,18,21,24-38H2,1-2H3,(H,42,43)/b7-5-,13-11-,17-16-,20-19-,23-22-. The number of esters is 1. The number of carbonyl (C=O) groups excluding carboxylic acids is 1. The highest BCUT2D eigenvalue weighted by molar-refractivity contribution is 5.69. The van der Waals surface area contributed by atoms with Crippen molar-refractivity contribution in [1.29, 1.82) is 0 Å². The minimum Gasteiger partial charge on any atom is -0.481 e. The maximum Gasteiger partial charge on any atom is 0.306 e. The van der Waals surface area contributed by atoms with Crippen molar-refractivity contribution in [2.75, 3.05) is 0 Å². The van der Waals surface area contributed by atoms with Gasteiger partial charge in [-0.05, 0) is 70.6 Å². The second kappa shape index (κ2) is 36.1. The van der Waals surface area contributed by atoms with E-state index in [-0.39, 0.29) is 18.5 Å². The Labute approximate surface area is 278 Å². The van der Waals surface area contributed by atoms with E-state index in [2.05, 4.69) is 74.6 Å². The summed E-state index contributed by atoms with van der Waals surface area (Å²) < 4.78 is 5.71. The molecule has 0 aromatic carbocycles. The molecule has 0 aliphatic carbocycles. The number of carbonyl (C=O) groups is 2. The average Bonchev–Trinajstić information content (AvgIpc) is 3.03. The van der Waals surface area contributed by atoms with Crippen molar-refractivity contribution in [3.8, 4) is 0 Å². The van der Waals surface area contributed by atoms with E-state index in [9.17, 15) is 9.59 Å². The minimum absolute atomic E-state index is 0.0634. The van der Waals surface area contributed by atoms with Gasteiger partial charge in [0.2, 0.25) is 0 Å². The smallest absolute Gasteiger partial charge is 0.306 e. The monoisotopic (exact) mass is 627 g/mol. The molecule has 0 aromatic heterocycles. The van der Waals surface area contributed by atoms with Gasteiger partial charge >= 0.3 is 11.9 Å². The Kier molecular flexibility index (Phi) is 34.2. The maximum atomic E-state index is 12.4. The molecule has 0 aromatic rings. The Morgan fingerprint density at radius 1 is 0.511 bits per heavy atom. The van der Waals surface area contributed by atoms with Crippen LogP contribution in [0.2, 0.25) is 0 Å². The zero-order chi connectivity index (χ0) is 32.9. The number of unbranched alkanes of at least 4 members (excludes halogenated alkanes) is 15. The number of allylic oxidation sites excluding steroid dienone is 10. The van der Waals surface area contributed by atoms with E-state index < -0.39 is 5.97 Å². The SMILES string of the molecule is CC/C=C\C/C=C\C/C=C\C/C=C\C/C=C\CCCCCCCC(=O)OC(CCCCCCCCCCCCC)CCC(=O)O. The van der Waals surface area contributed by atoms with Gasteiger partial charge in [0.15, 0.2) is 0 Å². The van der Waals surface area contributed by atoms with E-state index >= 15 is 0 Å². The Morgan fingerprint density at radius 3 is 1.47 bits per heavy atom. The summed E-state index contributed by atoms with van der Waals surface area (Å²) in [5.41, 5.74) is 0. The summed E-state index contributed by atoms with van der Waals surface area (Å²) >= 11 is 0. The first-order chi connectivity index (χ1) is 22.1. The van der Waals surface area contributed by atoms with Crippen molar-refractivity contribution < 1.29 is 19.4 Å². The Bertz CT molecular complexity index is 804. The molecule has 0 aliphatic rings. The third kappa shape index (κ3) is 36.0. The van der Waals surface area contributed by atoms with Gasteiger partial charge in [0.1, 0.15) is 6.10 Å². The lowest BCUT2D eigenvalue weighted by Gasteiger charge is -2.17. The topological polar surface area (TPSA) is 63.6 Å². The lowest BCUT2D eigenvalue weighted by atomic mass is 10.0. The molecule has 0 amide bonds. The first-order valence-electron chi connectivity index (χ1n) is 18.8. The van der Waals surface area contributed by atoms with Crippen LogP contribution in [0.3, 0.4) is 0 Å². The summed E-state index contributed by atoms with van der Waals surface area (Å²) in [6, 6.07) is 0. The van der Waals surface area contributed by atoms with Gasteiger partial charge in [0, 0.05) is 12.8 Å². The van der Waals surface area contributed by atoms with Crippen molar-refractivity contribution in [1.82, 2.24) is 0 Å². The van der Waals surface area contributed by atoms with Crippen LogP contribution in [0.5, 0.6) is 0 Å². The fourth-order valence-corrected chi connectivity index (χ4v) is 5.26. The van der Waals surface area contributed by atoms with E-state index in [1.807, 2.05) is 0 Å². The summed E-state index contributed by atoms with van der Waals surface area (Å²) in [5.74, 6) is -0.980. The number of hydrogen-bond donors (Lipinski definition) is 1. The predicted molar refractivity (Wildman–Crippen MR) is 195 cm³/mol. The molecule has 258 valence electrons. The molecular formula is C41H70O4. The van der Waals surface area contributed by atoms with E-state index in [4.69, 9.17) is 9.84 Å². The molecule has 0 spiro atoms. The van der Waals surface area contributed by atoms with Gasteiger partial charge in [0.05, 0.1) is 0 Å². The Morgan fingerprint density at radius 2 is 0.956 bits per heavy atom. The van der Waals surface area contributed by atoms with Crippen LogP contribution in [0, 0.1) is 0 Å². The van der Waals surface area contributed by atoms with Crippen LogP contribution in [0.1, 0.15) is 181 Å². The second-order valence-electron chi connectivity index (χ2n) is 12.4. The van der Waals surface area contributed by atoms with Gasteiger partial charge in [-0.25, -0.2) is 0 Å². The zero-order valence-electron chi connectivity index (χ0n) is 29.4. The van der Waals surface area contributed by atoms with Crippen molar-refractivity contribution in [3.05, 3.63) is 60.8 Å². The molecular weight excluding hydrogens is 556 g/mol. The second-order valence-corrected chi connectivity index (χ2v) is 12.4. The highest BCUT2D eigenvalue weighted by Gasteiger charge is 2.15. The van der Waals surface area contributed by atoms with E-state index in [1.54, 1.807) is 0 Å². The molecule has 0 saturated heterocycles. The number of ether oxygens (including phenoxy) is 1. The molecule has 1 atom stereocenters. The summed E-state index contributed by atoms with van der Waals surface area (Å²) in [5, 5.41) is 9.09. The first kappa shape index (κ1) is 42.6. The number of carboxylic acid groups (broad SMARTS) is 1.